The van der Waals surface area contributed by atoms with E-state index in [0.717, 1.165) is 52.6 Å². The number of pyridine rings is 1. The quantitative estimate of drug-likeness (QED) is 0.396. The number of nitrogens with zero attached hydrogens (tertiary/aromatic N) is 4. The Kier molecular flexibility index (Phi) is 5.88. The van der Waals surface area contributed by atoms with Crippen molar-refractivity contribution in [2.24, 2.45) is 0 Å². The lowest BCUT2D eigenvalue weighted by atomic mass is 10.0. The minimum atomic E-state index is -3.63. The fraction of sp³-hybridized carbons (Fsp3) is 0.286. The van der Waals surface area contributed by atoms with Crippen molar-refractivity contribution in [3.05, 3.63) is 82.4 Å². The van der Waals surface area contributed by atoms with Crippen molar-refractivity contribution in [2.45, 2.75) is 50.3 Å². The lowest BCUT2D eigenvalue weighted by molar-refractivity contribution is 0.0984. The molecule has 3 heterocycles. The molecule has 194 valence electrons. The number of anilines is 2. The van der Waals surface area contributed by atoms with E-state index >= 15 is 0 Å². The van der Waals surface area contributed by atoms with Crippen LogP contribution in [0.5, 0.6) is 0 Å². The van der Waals surface area contributed by atoms with Gasteiger partial charge < -0.3 is 15.4 Å². The third kappa shape index (κ3) is 4.50. The van der Waals surface area contributed by atoms with Gasteiger partial charge in [-0.2, -0.15) is 0 Å². The van der Waals surface area contributed by atoms with Gasteiger partial charge >= 0.3 is 0 Å². The van der Waals surface area contributed by atoms with Gasteiger partial charge in [0.2, 0.25) is 0 Å². The standard InChI is InChI=1S/C28H27N5O4S/c1-16-3-8-24(25(9-16)38(2,35)36)33(28(34)19-11-30-27(31-12-19)18-5-6-18)13-17-4-7-20-21-14-37-15-22(21)26(29)32-23(20)10-17/h3-4,7-12,18H,5-6,13-15H2,1-2H3,(H2,29,32). The van der Waals surface area contributed by atoms with E-state index in [1.54, 1.807) is 18.2 Å². The number of amides is 1. The maximum Gasteiger partial charge on any atom is 0.261 e. The van der Waals surface area contributed by atoms with E-state index in [9.17, 15) is 13.2 Å². The number of aryl methyl sites for hydroxylation is 1. The van der Waals surface area contributed by atoms with Crippen molar-refractivity contribution in [3.8, 4) is 0 Å². The van der Waals surface area contributed by atoms with Gasteiger partial charge in [-0.3, -0.25) is 4.79 Å². The minimum absolute atomic E-state index is 0.0829. The van der Waals surface area contributed by atoms with Crippen LogP contribution in [0.2, 0.25) is 0 Å². The summed E-state index contributed by atoms with van der Waals surface area (Å²) in [5.41, 5.74) is 10.9. The number of carbonyl (C=O) groups excluding carboxylic acids is 1. The Morgan fingerprint density at radius 3 is 2.53 bits per heavy atom. The molecule has 1 aliphatic heterocycles. The van der Waals surface area contributed by atoms with Crippen LogP contribution in [-0.2, 0) is 34.3 Å². The number of nitrogen functional groups attached to an aromatic ring is 1. The van der Waals surface area contributed by atoms with Gasteiger partial charge in [-0.05, 0) is 54.7 Å². The number of benzene rings is 2. The van der Waals surface area contributed by atoms with E-state index in [1.807, 2.05) is 25.1 Å². The van der Waals surface area contributed by atoms with Crippen molar-refractivity contribution in [2.75, 3.05) is 16.9 Å². The van der Waals surface area contributed by atoms with Crippen LogP contribution in [0.4, 0.5) is 11.5 Å². The summed E-state index contributed by atoms with van der Waals surface area (Å²) in [6, 6.07) is 10.8. The number of fused-ring (bicyclic) bond motifs is 3. The smallest absolute Gasteiger partial charge is 0.261 e. The van der Waals surface area contributed by atoms with Gasteiger partial charge in [0.05, 0.1) is 41.4 Å². The molecule has 0 atom stereocenters. The van der Waals surface area contributed by atoms with Gasteiger partial charge in [0.15, 0.2) is 9.84 Å². The molecule has 0 bridgehead atoms. The maximum atomic E-state index is 13.9. The summed E-state index contributed by atoms with van der Waals surface area (Å²) < 4.78 is 31.1. The van der Waals surface area contributed by atoms with Crippen molar-refractivity contribution < 1.29 is 17.9 Å². The fourth-order valence-electron chi connectivity index (χ4n) is 4.87. The summed E-state index contributed by atoms with van der Waals surface area (Å²) >= 11 is 0. The normalized spacial score (nSPS) is 15.0. The van der Waals surface area contributed by atoms with Crippen molar-refractivity contribution in [1.29, 1.82) is 0 Å². The molecule has 2 aromatic heterocycles. The van der Waals surface area contributed by atoms with Gasteiger partial charge in [-0.15, -0.1) is 0 Å². The molecule has 0 spiro atoms. The van der Waals surface area contributed by atoms with E-state index in [-0.39, 0.29) is 17.0 Å². The van der Waals surface area contributed by atoms with Crippen LogP contribution in [0.3, 0.4) is 0 Å². The van der Waals surface area contributed by atoms with Crippen molar-refractivity contribution in [3.63, 3.8) is 0 Å². The molecule has 2 N–H and O–H groups in total. The van der Waals surface area contributed by atoms with Gasteiger partial charge in [-0.1, -0.05) is 18.2 Å². The molecule has 0 radical (unpaired) electrons. The first-order valence-corrected chi connectivity index (χ1v) is 14.3. The van der Waals surface area contributed by atoms with Gasteiger partial charge in [0.1, 0.15) is 11.6 Å². The highest BCUT2D eigenvalue weighted by Crippen LogP contribution is 2.38. The summed E-state index contributed by atoms with van der Waals surface area (Å²) in [7, 11) is -3.63. The van der Waals surface area contributed by atoms with Crippen molar-refractivity contribution >= 4 is 38.2 Å². The second-order valence-electron chi connectivity index (χ2n) is 10.0. The van der Waals surface area contributed by atoms with Crippen molar-refractivity contribution in [1.82, 2.24) is 15.0 Å². The molecule has 38 heavy (non-hydrogen) atoms. The number of carbonyl (C=O) groups is 1. The highest BCUT2D eigenvalue weighted by molar-refractivity contribution is 7.90. The summed E-state index contributed by atoms with van der Waals surface area (Å²) in [5, 5.41) is 0.949. The molecule has 9 nitrogen and oxygen atoms in total. The SMILES string of the molecule is Cc1ccc(N(Cc2ccc3c4c(c(N)nc3c2)COC4)C(=O)c2cnc(C3CC3)nc2)c(S(C)(=O)=O)c1. The number of hydrogen-bond donors (Lipinski definition) is 1. The number of nitrogens with two attached hydrogens (primary N) is 1. The number of ether oxygens (including phenoxy) is 1. The predicted molar refractivity (Wildman–Crippen MR) is 143 cm³/mol. The summed E-state index contributed by atoms with van der Waals surface area (Å²) in [6.45, 7) is 2.84. The molecular formula is C28H27N5O4S. The zero-order chi connectivity index (χ0) is 26.6. The first-order valence-electron chi connectivity index (χ1n) is 12.4. The largest absolute Gasteiger partial charge is 0.383 e. The lowest BCUT2D eigenvalue weighted by Gasteiger charge is -2.25. The first kappa shape index (κ1) is 24.4. The molecular weight excluding hydrogens is 502 g/mol. The molecule has 1 amide bonds. The van der Waals surface area contributed by atoms with E-state index in [2.05, 4.69) is 15.0 Å². The average molecular weight is 530 g/mol. The highest BCUT2D eigenvalue weighted by Gasteiger charge is 2.29. The number of aromatic nitrogens is 3. The summed E-state index contributed by atoms with van der Waals surface area (Å²) in [6.07, 6.45) is 6.30. The molecule has 10 heteroatoms. The molecule has 4 aromatic rings. The van der Waals surface area contributed by atoms with E-state index in [0.29, 0.717) is 36.2 Å². The zero-order valence-corrected chi connectivity index (χ0v) is 22.0. The molecule has 2 aromatic carbocycles. The first-order chi connectivity index (χ1) is 18.2. The monoisotopic (exact) mass is 529 g/mol. The van der Waals surface area contributed by atoms with Crippen LogP contribution in [0.25, 0.3) is 10.9 Å². The maximum absolute atomic E-state index is 13.9. The second kappa shape index (κ2) is 9.14. The Hall–Kier alpha value is -3.89. The Balaban J connectivity index is 1.44. The lowest BCUT2D eigenvalue weighted by Crippen LogP contribution is -2.32. The summed E-state index contributed by atoms with van der Waals surface area (Å²) in [5.74, 6) is 1.13. The molecule has 6 rings (SSSR count). The molecule has 0 saturated heterocycles. The number of rotatable bonds is 6. The zero-order valence-electron chi connectivity index (χ0n) is 21.1. The fourth-order valence-corrected chi connectivity index (χ4v) is 5.82. The van der Waals surface area contributed by atoms with Gasteiger partial charge in [0.25, 0.3) is 5.91 Å². The van der Waals surface area contributed by atoms with Gasteiger partial charge in [0, 0.05) is 35.5 Å². The van der Waals surface area contributed by atoms with E-state index < -0.39 is 15.7 Å². The molecule has 1 aliphatic carbocycles. The van der Waals surface area contributed by atoms with E-state index in [1.165, 1.54) is 17.3 Å². The number of hydrogen-bond acceptors (Lipinski definition) is 8. The third-order valence-electron chi connectivity index (χ3n) is 7.05. The Labute approximate surface area is 220 Å². The Morgan fingerprint density at radius 2 is 1.82 bits per heavy atom. The van der Waals surface area contributed by atoms with Crippen LogP contribution in [0.15, 0.2) is 53.7 Å². The van der Waals surface area contributed by atoms with Crippen LogP contribution in [0.1, 0.15) is 57.2 Å². The Morgan fingerprint density at radius 1 is 1.08 bits per heavy atom. The van der Waals surface area contributed by atoms with Crippen LogP contribution in [0, 0.1) is 6.92 Å². The Bertz CT molecular complexity index is 1700. The predicted octanol–water partition coefficient (Wildman–Crippen LogP) is 4.07. The third-order valence-corrected chi connectivity index (χ3v) is 8.17. The topological polar surface area (TPSA) is 128 Å². The highest BCUT2D eigenvalue weighted by atomic mass is 32.2. The van der Waals surface area contributed by atoms with Crippen LogP contribution >= 0.6 is 0 Å². The molecule has 1 saturated carbocycles. The van der Waals surface area contributed by atoms with Gasteiger partial charge in [-0.25, -0.2) is 23.4 Å². The average Bonchev–Trinajstić information content (AvgIpc) is 3.62. The van der Waals surface area contributed by atoms with Crippen LogP contribution in [-0.4, -0.2) is 35.5 Å². The number of sulfone groups is 1. The molecule has 1 fully saturated rings. The second-order valence-corrected chi connectivity index (χ2v) is 12.0. The molecule has 0 unspecified atom stereocenters. The molecule has 2 aliphatic rings. The summed E-state index contributed by atoms with van der Waals surface area (Å²) in [4.78, 5) is 28.8. The van der Waals surface area contributed by atoms with E-state index in [4.69, 9.17) is 10.5 Å². The minimum Gasteiger partial charge on any atom is -0.383 e. The van der Waals surface area contributed by atoms with Crippen LogP contribution < -0.4 is 10.6 Å².